The van der Waals surface area contributed by atoms with Crippen LogP contribution in [0.4, 0.5) is 5.69 Å². The lowest BCUT2D eigenvalue weighted by molar-refractivity contribution is 0.0526. The standard InChI is InChI=1S/C23H25N3O3/c1-3-20(26-19-12-10-18(11-13-19)23(27)28-4-2)21-22(25-15-14-24-21)29-16-17-8-6-5-7-9-17/h5-15,20,26H,3-4,16H2,1-2H3. The first-order chi connectivity index (χ1) is 14.2. The van der Waals surface area contributed by atoms with Crippen LogP contribution in [0.25, 0.3) is 0 Å². The molecule has 1 heterocycles. The molecule has 0 saturated heterocycles. The predicted molar refractivity (Wildman–Crippen MR) is 112 cm³/mol. The van der Waals surface area contributed by atoms with Crippen LogP contribution in [-0.4, -0.2) is 22.5 Å². The second kappa shape index (κ2) is 10.2. The Labute approximate surface area is 170 Å². The zero-order chi connectivity index (χ0) is 20.5. The summed E-state index contributed by atoms with van der Waals surface area (Å²) in [6.07, 6.45) is 4.09. The van der Waals surface area contributed by atoms with E-state index in [0.29, 0.717) is 24.7 Å². The summed E-state index contributed by atoms with van der Waals surface area (Å²) in [5, 5.41) is 3.45. The van der Waals surface area contributed by atoms with Crippen molar-refractivity contribution < 1.29 is 14.3 Å². The van der Waals surface area contributed by atoms with Gasteiger partial charge in [-0.3, -0.25) is 4.98 Å². The van der Waals surface area contributed by atoms with E-state index >= 15 is 0 Å². The first kappa shape index (κ1) is 20.3. The Morgan fingerprint density at radius 2 is 1.72 bits per heavy atom. The lowest BCUT2D eigenvalue weighted by atomic mass is 10.1. The molecule has 6 heteroatoms. The van der Waals surface area contributed by atoms with E-state index in [1.54, 1.807) is 31.5 Å². The fourth-order valence-corrected chi connectivity index (χ4v) is 2.89. The number of nitrogens with one attached hydrogen (secondary N) is 1. The molecule has 1 aromatic heterocycles. The number of rotatable bonds is 9. The minimum absolute atomic E-state index is 0.0806. The van der Waals surface area contributed by atoms with Crippen molar-refractivity contribution in [3.05, 3.63) is 83.8 Å². The first-order valence-electron chi connectivity index (χ1n) is 9.72. The van der Waals surface area contributed by atoms with Crippen molar-refractivity contribution in [1.29, 1.82) is 0 Å². The zero-order valence-corrected chi connectivity index (χ0v) is 16.7. The molecule has 29 heavy (non-hydrogen) atoms. The summed E-state index contributed by atoms with van der Waals surface area (Å²) in [7, 11) is 0. The fraction of sp³-hybridized carbons (Fsp3) is 0.261. The SMILES string of the molecule is CCOC(=O)c1ccc(NC(CC)c2nccnc2OCc2ccccc2)cc1. The van der Waals surface area contributed by atoms with Crippen LogP contribution < -0.4 is 10.1 Å². The molecular formula is C23H25N3O3. The van der Waals surface area contributed by atoms with E-state index < -0.39 is 0 Å². The third-order valence-corrected chi connectivity index (χ3v) is 4.38. The smallest absolute Gasteiger partial charge is 0.338 e. The molecule has 1 N–H and O–H groups in total. The molecule has 1 atom stereocenters. The highest BCUT2D eigenvalue weighted by molar-refractivity contribution is 5.89. The Kier molecular flexibility index (Phi) is 7.16. The molecule has 3 aromatic rings. The van der Waals surface area contributed by atoms with Gasteiger partial charge in [0.05, 0.1) is 18.2 Å². The summed E-state index contributed by atoms with van der Waals surface area (Å²) < 4.78 is 11.0. The van der Waals surface area contributed by atoms with Gasteiger partial charge in [-0.25, -0.2) is 9.78 Å². The van der Waals surface area contributed by atoms with E-state index in [4.69, 9.17) is 9.47 Å². The topological polar surface area (TPSA) is 73.3 Å². The van der Waals surface area contributed by atoms with Crippen molar-refractivity contribution in [2.75, 3.05) is 11.9 Å². The molecule has 3 rings (SSSR count). The van der Waals surface area contributed by atoms with Gasteiger partial charge in [0.1, 0.15) is 12.3 Å². The Morgan fingerprint density at radius 1 is 1.00 bits per heavy atom. The molecule has 0 aliphatic rings. The lowest BCUT2D eigenvalue weighted by Crippen LogP contribution is -2.14. The van der Waals surface area contributed by atoms with Gasteiger partial charge in [0.25, 0.3) is 0 Å². The highest BCUT2D eigenvalue weighted by Crippen LogP contribution is 2.27. The van der Waals surface area contributed by atoms with E-state index in [1.165, 1.54) is 0 Å². The number of carbonyl (C=O) groups excluding carboxylic acids is 1. The van der Waals surface area contributed by atoms with Gasteiger partial charge in [-0.15, -0.1) is 0 Å². The van der Waals surface area contributed by atoms with Crippen molar-refractivity contribution in [3.8, 4) is 5.88 Å². The van der Waals surface area contributed by atoms with Crippen LogP contribution >= 0.6 is 0 Å². The number of hydrogen-bond donors (Lipinski definition) is 1. The number of carbonyl (C=O) groups is 1. The van der Waals surface area contributed by atoms with Crippen LogP contribution in [0.15, 0.2) is 67.0 Å². The van der Waals surface area contributed by atoms with Gasteiger partial charge < -0.3 is 14.8 Å². The summed E-state index contributed by atoms with van der Waals surface area (Å²) in [4.78, 5) is 20.7. The van der Waals surface area contributed by atoms with Crippen molar-refractivity contribution in [2.45, 2.75) is 32.9 Å². The summed E-state index contributed by atoms with van der Waals surface area (Å²) in [5.41, 5.74) is 3.22. The normalized spacial score (nSPS) is 11.5. The minimum Gasteiger partial charge on any atom is -0.471 e. The second-order valence-corrected chi connectivity index (χ2v) is 6.42. The molecule has 1 unspecified atom stereocenters. The number of ether oxygens (including phenoxy) is 2. The maximum Gasteiger partial charge on any atom is 0.338 e. The van der Waals surface area contributed by atoms with E-state index in [-0.39, 0.29) is 12.0 Å². The molecule has 6 nitrogen and oxygen atoms in total. The number of nitrogens with zero attached hydrogens (tertiary/aromatic N) is 2. The van der Waals surface area contributed by atoms with Crippen LogP contribution in [0.3, 0.4) is 0 Å². The Hall–Kier alpha value is -3.41. The summed E-state index contributed by atoms with van der Waals surface area (Å²) in [6, 6.07) is 17.1. The monoisotopic (exact) mass is 391 g/mol. The molecule has 0 spiro atoms. The summed E-state index contributed by atoms with van der Waals surface area (Å²) >= 11 is 0. The number of aromatic nitrogens is 2. The number of hydrogen-bond acceptors (Lipinski definition) is 6. The summed E-state index contributed by atoms with van der Waals surface area (Å²) in [5.74, 6) is 0.190. The molecule has 0 amide bonds. The molecular weight excluding hydrogens is 366 g/mol. The van der Waals surface area contributed by atoms with Gasteiger partial charge in [-0.2, -0.15) is 0 Å². The third-order valence-electron chi connectivity index (χ3n) is 4.38. The van der Waals surface area contributed by atoms with Crippen LogP contribution in [0.1, 0.15) is 47.9 Å². The molecule has 0 aliphatic heterocycles. The average molecular weight is 391 g/mol. The zero-order valence-electron chi connectivity index (χ0n) is 16.7. The molecule has 0 fully saturated rings. The average Bonchev–Trinajstić information content (AvgIpc) is 2.77. The van der Waals surface area contributed by atoms with Crippen LogP contribution in [-0.2, 0) is 11.3 Å². The van der Waals surface area contributed by atoms with Gasteiger partial charge in [0.2, 0.25) is 5.88 Å². The maximum atomic E-state index is 11.8. The van der Waals surface area contributed by atoms with Crippen molar-refractivity contribution in [1.82, 2.24) is 9.97 Å². The van der Waals surface area contributed by atoms with Crippen LogP contribution in [0, 0.1) is 0 Å². The quantitative estimate of drug-likeness (QED) is 0.529. The largest absolute Gasteiger partial charge is 0.471 e. The van der Waals surface area contributed by atoms with E-state index in [0.717, 1.165) is 23.4 Å². The van der Waals surface area contributed by atoms with Gasteiger partial charge in [0.15, 0.2) is 0 Å². The first-order valence-corrected chi connectivity index (χ1v) is 9.72. The van der Waals surface area contributed by atoms with Crippen LogP contribution in [0.2, 0.25) is 0 Å². The van der Waals surface area contributed by atoms with Crippen molar-refractivity contribution in [2.24, 2.45) is 0 Å². The molecule has 0 radical (unpaired) electrons. The number of benzene rings is 2. The Morgan fingerprint density at radius 3 is 2.41 bits per heavy atom. The Balaban J connectivity index is 1.72. The predicted octanol–water partition coefficient (Wildman–Crippen LogP) is 4.80. The van der Waals surface area contributed by atoms with Gasteiger partial charge in [-0.05, 0) is 43.2 Å². The molecule has 0 bridgehead atoms. The fourth-order valence-electron chi connectivity index (χ4n) is 2.89. The highest BCUT2D eigenvalue weighted by Gasteiger charge is 2.18. The second-order valence-electron chi connectivity index (χ2n) is 6.42. The Bertz CT molecular complexity index is 914. The number of esters is 1. The van der Waals surface area contributed by atoms with Gasteiger partial charge >= 0.3 is 5.97 Å². The molecule has 150 valence electrons. The lowest BCUT2D eigenvalue weighted by Gasteiger charge is -2.20. The molecule has 0 aliphatic carbocycles. The van der Waals surface area contributed by atoms with Gasteiger partial charge in [0, 0.05) is 18.1 Å². The number of anilines is 1. The van der Waals surface area contributed by atoms with Crippen LogP contribution in [0.5, 0.6) is 5.88 Å². The van der Waals surface area contributed by atoms with Crippen molar-refractivity contribution >= 4 is 11.7 Å². The van der Waals surface area contributed by atoms with E-state index in [9.17, 15) is 4.79 Å². The van der Waals surface area contributed by atoms with Gasteiger partial charge in [-0.1, -0.05) is 37.3 Å². The summed E-state index contributed by atoms with van der Waals surface area (Å²) in [6.45, 7) is 4.64. The maximum absolute atomic E-state index is 11.8. The minimum atomic E-state index is -0.323. The van der Waals surface area contributed by atoms with Crippen molar-refractivity contribution in [3.63, 3.8) is 0 Å². The molecule has 0 saturated carbocycles. The molecule has 2 aromatic carbocycles. The third kappa shape index (κ3) is 5.54. The van der Waals surface area contributed by atoms with E-state index in [1.807, 2.05) is 42.5 Å². The highest BCUT2D eigenvalue weighted by atomic mass is 16.5. The van der Waals surface area contributed by atoms with E-state index in [2.05, 4.69) is 22.2 Å².